The summed E-state index contributed by atoms with van der Waals surface area (Å²) in [5, 5.41) is 10.1. The van der Waals surface area contributed by atoms with Crippen molar-refractivity contribution in [2.24, 2.45) is 5.73 Å². The molecule has 0 aromatic heterocycles. The molecule has 1 rings (SSSR count). The monoisotopic (exact) mass is 235 g/mol. The molecule has 1 atom stereocenters. The summed E-state index contributed by atoms with van der Waals surface area (Å²) in [5.74, 6) is 0. The largest absolute Gasteiger partial charge is 0.390 e. The Labute approximate surface area is 105 Å². The van der Waals surface area contributed by atoms with Crippen LogP contribution in [0, 0.1) is 0 Å². The lowest BCUT2D eigenvalue weighted by molar-refractivity contribution is 0.0416. The second-order valence-corrected chi connectivity index (χ2v) is 5.11. The zero-order valence-corrected chi connectivity index (χ0v) is 11.1. The van der Waals surface area contributed by atoms with E-state index in [-0.39, 0.29) is 0 Å². The average Bonchev–Trinajstić information content (AvgIpc) is 2.28. The third kappa shape index (κ3) is 5.33. The predicted octanol–water partition coefficient (Wildman–Crippen LogP) is 2.67. The van der Waals surface area contributed by atoms with Gasteiger partial charge in [-0.25, -0.2) is 0 Å². The number of aryl methyl sites for hydroxylation is 1. The minimum atomic E-state index is -0.529. The van der Waals surface area contributed by atoms with Gasteiger partial charge in [-0.3, -0.25) is 0 Å². The lowest BCUT2D eigenvalue weighted by Crippen LogP contribution is -2.24. The highest BCUT2D eigenvalue weighted by atomic mass is 16.3. The van der Waals surface area contributed by atoms with E-state index in [4.69, 9.17) is 5.73 Å². The molecular weight excluding hydrogens is 210 g/mol. The van der Waals surface area contributed by atoms with Gasteiger partial charge in [-0.2, -0.15) is 0 Å². The van der Waals surface area contributed by atoms with E-state index in [2.05, 4.69) is 31.2 Å². The topological polar surface area (TPSA) is 46.2 Å². The molecule has 0 radical (unpaired) electrons. The van der Waals surface area contributed by atoms with E-state index in [9.17, 15) is 5.11 Å². The molecular formula is C15H25NO. The summed E-state index contributed by atoms with van der Waals surface area (Å²) in [7, 11) is 0. The van der Waals surface area contributed by atoms with Crippen LogP contribution >= 0.6 is 0 Å². The minimum Gasteiger partial charge on any atom is -0.390 e. The molecule has 0 saturated heterocycles. The molecule has 2 heteroatoms. The maximum Gasteiger partial charge on any atom is 0.0622 e. The van der Waals surface area contributed by atoms with Crippen LogP contribution in [0.5, 0.6) is 0 Å². The van der Waals surface area contributed by atoms with Crippen molar-refractivity contribution >= 4 is 0 Å². The van der Waals surface area contributed by atoms with Gasteiger partial charge in [0, 0.05) is 0 Å². The smallest absolute Gasteiger partial charge is 0.0622 e. The maximum absolute atomic E-state index is 10.1. The van der Waals surface area contributed by atoms with Crippen molar-refractivity contribution in [3.05, 3.63) is 35.4 Å². The maximum atomic E-state index is 10.1. The molecule has 0 bridgehead atoms. The van der Waals surface area contributed by atoms with Gasteiger partial charge >= 0.3 is 0 Å². The number of nitrogens with two attached hydrogens (primary N) is 1. The third-order valence-corrected chi connectivity index (χ3v) is 3.17. The van der Waals surface area contributed by atoms with E-state index >= 15 is 0 Å². The fourth-order valence-corrected chi connectivity index (χ4v) is 2.18. The average molecular weight is 235 g/mol. The Morgan fingerprint density at radius 2 is 1.82 bits per heavy atom. The SMILES string of the molecule is CCCC(C)(O)CCc1cccc(CCN)c1. The normalized spacial score (nSPS) is 14.6. The van der Waals surface area contributed by atoms with Crippen LogP contribution in [0.4, 0.5) is 0 Å². The molecule has 0 fully saturated rings. The van der Waals surface area contributed by atoms with Crippen molar-refractivity contribution < 1.29 is 5.11 Å². The standard InChI is InChI=1S/C15H25NO/c1-3-9-15(2,17)10-7-13-5-4-6-14(12-13)8-11-16/h4-6,12,17H,3,7-11,16H2,1-2H3. The molecule has 0 amide bonds. The summed E-state index contributed by atoms with van der Waals surface area (Å²) in [5.41, 5.74) is 7.61. The Morgan fingerprint density at radius 3 is 2.41 bits per heavy atom. The van der Waals surface area contributed by atoms with E-state index in [0.717, 1.165) is 32.1 Å². The van der Waals surface area contributed by atoms with Crippen LogP contribution in [-0.4, -0.2) is 17.3 Å². The summed E-state index contributed by atoms with van der Waals surface area (Å²) in [6.45, 7) is 4.73. The number of rotatable bonds is 7. The van der Waals surface area contributed by atoms with Crippen LogP contribution in [0.25, 0.3) is 0 Å². The van der Waals surface area contributed by atoms with Gasteiger partial charge in [0.2, 0.25) is 0 Å². The molecule has 17 heavy (non-hydrogen) atoms. The first-order valence-corrected chi connectivity index (χ1v) is 6.57. The number of hydrogen-bond acceptors (Lipinski definition) is 2. The number of aliphatic hydroxyl groups is 1. The Morgan fingerprint density at radius 1 is 1.18 bits per heavy atom. The van der Waals surface area contributed by atoms with Gasteiger partial charge in [-0.1, -0.05) is 37.6 Å². The Bertz CT molecular complexity index is 333. The highest BCUT2D eigenvalue weighted by Gasteiger charge is 2.18. The highest BCUT2D eigenvalue weighted by molar-refractivity contribution is 5.24. The molecule has 0 aliphatic heterocycles. The Hall–Kier alpha value is -0.860. The third-order valence-electron chi connectivity index (χ3n) is 3.17. The molecule has 0 aliphatic rings. The van der Waals surface area contributed by atoms with Crippen LogP contribution in [0.1, 0.15) is 44.2 Å². The van der Waals surface area contributed by atoms with Crippen LogP contribution < -0.4 is 5.73 Å². The van der Waals surface area contributed by atoms with Gasteiger partial charge in [-0.05, 0) is 50.3 Å². The first kappa shape index (κ1) is 14.2. The van der Waals surface area contributed by atoms with Crippen molar-refractivity contribution in [1.82, 2.24) is 0 Å². The molecule has 0 spiro atoms. The van der Waals surface area contributed by atoms with Crippen molar-refractivity contribution in [3.63, 3.8) is 0 Å². The second kappa shape index (κ2) is 6.77. The van der Waals surface area contributed by atoms with Crippen molar-refractivity contribution in [1.29, 1.82) is 0 Å². The lowest BCUT2D eigenvalue weighted by atomic mass is 9.92. The van der Waals surface area contributed by atoms with Crippen molar-refractivity contribution in [2.75, 3.05) is 6.54 Å². The molecule has 1 aromatic rings. The lowest BCUT2D eigenvalue weighted by Gasteiger charge is -2.22. The quantitative estimate of drug-likeness (QED) is 0.763. The summed E-state index contributed by atoms with van der Waals surface area (Å²) < 4.78 is 0. The molecule has 0 heterocycles. The molecule has 1 aromatic carbocycles. The Balaban J connectivity index is 2.53. The van der Waals surface area contributed by atoms with E-state index in [1.807, 2.05) is 6.92 Å². The molecule has 96 valence electrons. The van der Waals surface area contributed by atoms with Crippen molar-refractivity contribution in [2.45, 2.75) is 51.6 Å². The van der Waals surface area contributed by atoms with Crippen LogP contribution in [0.3, 0.4) is 0 Å². The van der Waals surface area contributed by atoms with Gasteiger partial charge in [0.1, 0.15) is 0 Å². The van der Waals surface area contributed by atoms with Crippen LogP contribution in [0.15, 0.2) is 24.3 Å². The van der Waals surface area contributed by atoms with E-state index in [1.54, 1.807) is 0 Å². The van der Waals surface area contributed by atoms with Crippen LogP contribution in [-0.2, 0) is 12.8 Å². The first-order chi connectivity index (χ1) is 8.07. The fraction of sp³-hybridized carbons (Fsp3) is 0.600. The molecule has 3 N–H and O–H groups in total. The zero-order chi connectivity index (χ0) is 12.7. The Kier molecular flexibility index (Phi) is 5.66. The van der Waals surface area contributed by atoms with Crippen molar-refractivity contribution in [3.8, 4) is 0 Å². The summed E-state index contributed by atoms with van der Waals surface area (Å²) in [6.07, 6.45) is 4.59. The summed E-state index contributed by atoms with van der Waals surface area (Å²) in [4.78, 5) is 0. The predicted molar refractivity (Wildman–Crippen MR) is 73.1 cm³/mol. The van der Waals surface area contributed by atoms with Gasteiger partial charge in [0.05, 0.1) is 5.60 Å². The summed E-state index contributed by atoms with van der Waals surface area (Å²) in [6, 6.07) is 8.52. The van der Waals surface area contributed by atoms with E-state index in [1.165, 1.54) is 11.1 Å². The fourth-order valence-electron chi connectivity index (χ4n) is 2.18. The first-order valence-electron chi connectivity index (χ1n) is 6.57. The second-order valence-electron chi connectivity index (χ2n) is 5.11. The zero-order valence-electron chi connectivity index (χ0n) is 11.1. The van der Waals surface area contributed by atoms with Gasteiger partial charge in [0.15, 0.2) is 0 Å². The molecule has 2 nitrogen and oxygen atoms in total. The highest BCUT2D eigenvalue weighted by Crippen LogP contribution is 2.19. The van der Waals surface area contributed by atoms with E-state index < -0.39 is 5.60 Å². The van der Waals surface area contributed by atoms with Gasteiger partial charge < -0.3 is 10.8 Å². The van der Waals surface area contributed by atoms with Crippen LogP contribution in [0.2, 0.25) is 0 Å². The molecule has 0 saturated carbocycles. The number of benzene rings is 1. The van der Waals surface area contributed by atoms with Gasteiger partial charge in [0.25, 0.3) is 0 Å². The van der Waals surface area contributed by atoms with Gasteiger partial charge in [-0.15, -0.1) is 0 Å². The number of hydrogen-bond donors (Lipinski definition) is 2. The molecule has 0 aliphatic carbocycles. The minimum absolute atomic E-state index is 0.529. The summed E-state index contributed by atoms with van der Waals surface area (Å²) >= 11 is 0. The molecule has 1 unspecified atom stereocenters. The van der Waals surface area contributed by atoms with E-state index in [0.29, 0.717) is 6.54 Å².